The normalized spacial score (nSPS) is 22.2. The van der Waals surface area contributed by atoms with Gasteiger partial charge in [0.2, 0.25) is 0 Å². The fraction of sp³-hybridized carbons (Fsp3) is 0.400. The molecule has 4 rings (SSSR count). The molecular weight excluding hydrogens is 300 g/mol. The van der Waals surface area contributed by atoms with Crippen molar-refractivity contribution >= 4 is 12.1 Å². The molecule has 23 heavy (non-hydrogen) atoms. The lowest BCUT2D eigenvalue weighted by Crippen LogP contribution is -2.35. The van der Waals surface area contributed by atoms with Gasteiger partial charge in [0.15, 0.2) is 0 Å². The van der Waals surface area contributed by atoms with Gasteiger partial charge in [0.1, 0.15) is 0 Å². The summed E-state index contributed by atoms with van der Waals surface area (Å²) < 4.78 is 2.34. The number of nitrogens with two attached hydrogens (primary N) is 1. The number of benzene rings is 2. The van der Waals surface area contributed by atoms with Crippen LogP contribution < -0.4 is 5.14 Å². The first-order chi connectivity index (χ1) is 11.4. The number of fused-ring (bicyclic) bond motifs is 2. The van der Waals surface area contributed by atoms with Gasteiger partial charge in [-0.1, -0.05) is 48.5 Å². The summed E-state index contributed by atoms with van der Waals surface area (Å²) in [6.07, 6.45) is 4.86. The van der Waals surface area contributed by atoms with E-state index in [1.54, 1.807) is 11.1 Å². The van der Waals surface area contributed by atoms with E-state index in [9.17, 15) is 0 Å². The molecule has 120 valence electrons. The lowest BCUT2D eigenvalue weighted by atomic mass is 9.76. The Morgan fingerprint density at radius 1 is 0.913 bits per heavy atom. The van der Waals surface area contributed by atoms with Crippen LogP contribution in [0.4, 0.5) is 0 Å². The summed E-state index contributed by atoms with van der Waals surface area (Å²) in [7, 11) is 0. The molecule has 0 radical (unpaired) electrons. The molecule has 1 aliphatic heterocycles. The van der Waals surface area contributed by atoms with Gasteiger partial charge in [0.05, 0.1) is 0 Å². The molecule has 3 heteroatoms. The number of hydrogen-bond acceptors (Lipinski definition) is 3. The van der Waals surface area contributed by atoms with Crippen LogP contribution in [0, 0.1) is 5.92 Å². The van der Waals surface area contributed by atoms with Gasteiger partial charge in [0, 0.05) is 31.1 Å². The van der Waals surface area contributed by atoms with Crippen LogP contribution in [0.5, 0.6) is 0 Å². The van der Waals surface area contributed by atoms with E-state index < -0.39 is 0 Å². The summed E-state index contributed by atoms with van der Waals surface area (Å²) in [6.45, 7) is 2.21. The van der Waals surface area contributed by atoms with Crippen molar-refractivity contribution in [1.29, 1.82) is 0 Å². The van der Waals surface area contributed by atoms with Crippen LogP contribution in [0.15, 0.2) is 48.5 Å². The van der Waals surface area contributed by atoms with E-state index in [-0.39, 0.29) is 0 Å². The molecule has 1 unspecified atom stereocenters. The van der Waals surface area contributed by atoms with Crippen molar-refractivity contribution in [3.8, 4) is 0 Å². The molecule has 1 fully saturated rings. The zero-order chi connectivity index (χ0) is 15.6. The number of aryl methyl sites for hydroxylation is 2. The average Bonchev–Trinajstić information content (AvgIpc) is 2.78. The minimum absolute atomic E-state index is 0.514. The van der Waals surface area contributed by atoms with Gasteiger partial charge in [0.25, 0.3) is 0 Å². The largest absolute Gasteiger partial charge is 0.264 e. The molecule has 2 aromatic rings. The number of piperidine rings is 1. The fourth-order valence-corrected chi connectivity index (χ4v) is 4.93. The highest BCUT2D eigenvalue weighted by Crippen LogP contribution is 2.42. The molecule has 0 saturated carbocycles. The lowest BCUT2D eigenvalue weighted by molar-refractivity contribution is 0.264. The summed E-state index contributed by atoms with van der Waals surface area (Å²) in [5, 5.41) is 5.86. The first-order valence-electron chi connectivity index (χ1n) is 8.64. The first kappa shape index (κ1) is 15.3. The second kappa shape index (κ2) is 6.68. The third kappa shape index (κ3) is 2.93. The van der Waals surface area contributed by atoms with Crippen LogP contribution in [0.25, 0.3) is 0 Å². The van der Waals surface area contributed by atoms with Crippen molar-refractivity contribution in [1.82, 2.24) is 4.31 Å². The van der Waals surface area contributed by atoms with E-state index in [0.29, 0.717) is 11.8 Å². The van der Waals surface area contributed by atoms with Crippen molar-refractivity contribution in [3.05, 3.63) is 70.8 Å². The molecule has 1 atom stereocenters. The highest BCUT2D eigenvalue weighted by molar-refractivity contribution is 7.94. The second-order valence-corrected chi connectivity index (χ2v) is 7.50. The van der Waals surface area contributed by atoms with Crippen molar-refractivity contribution in [2.24, 2.45) is 11.1 Å². The summed E-state index contributed by atoms with van der Waals surface area (Å²) in [5.41, 5.74) is 6.16. The molecule has 2 aromatic carbocycles. The molecule has 0 aromatic heterocycles. The zero-order valence-electron chi connectivity index (χ0n) is 13.4. The van der Waals surface area contributed by atoms with E-state index in [2.05, 4.69) is 52.8 Å². The Labute approximate surface area is 143 Å². The van der Waals surface area contributed by atoms with Crippen molar-refractivity contribution < 1.29 is 0 Å². The highest BCUT2D eigenvalue weighted by atomic mass is 32.2. The molecular formula is C20H24N2S. The maximum atomic E-state index is 5.86. The molecule has 1 aliphatic carbocycles. The van der Waals surface area contributed by atoms with E-state index in [0.717, 1.165) is 25.9 Å². The quantitative estimate of drug-likeness (QED) is 0.842. The second-order valence-electron chi connectivity index (χ2n) is 6.77. The van der Waals surface area contributed by atoms with Crippen LogP contribution in [0.1, 0.15) is 41.0 Å². The predicted molar refractivity (Wildman–Crippen MR) is 98.2 cm³/mol. The summed E-state index contributed by atoms with van der Waals surface area (Å²) in [4.78, 5) is 0. The Morgan fingerprint density at radius 2 is 1.52 bits per heavy atom. The zero-order valence-corrected chi connectivity index (χ0v) is 14.3. The minimum atomic E-state index is 0.514. The molecule has 2 nitrogen and oxygen atoms in total. The lowest BCUT2D eigenvalue weighted by Gasteiger charge is -2.36. The molecule has 2 N–H and O–H groups in total. The Hall–Kier alpha value is -1.29. The fourth-order valence-electron chi connectivity index (χ4n) is 4.42. The topological polar surface area (TPSA) is 29.3 Å². The highest BCUT2D eigenvalue weighted by Gasteiger charge is 2.33. The Balaban J connectivity index is 1.80. The molecule has 0 spiro atoms. The van der Waals surface area contributed by atoms with Crippen molar-refractivity contribution in [3.63, 3.8) is 0 Å². The predicted octanol–water partition coefficient (Wildman–Crippen LogP) is 4.15. The molecule has 2 aliphatic rings. The Morgan fingerprint density at radius 3 is 2.13 bits per heavy atom. The van der Waals surface area contributed by atoms with E-state index >= 15 is 0 Å². The van der Waals surface area contributed by atoms with Crippen LogP contribution in [-0.2, 0) is 12.8 Å². The summed E-state index contributed by atoms with van der Waals surface area (Å²) in [6, 6.07) is 18.2. The Bertz CT molecular complexity index is 637. The number of nitrogens with zero attached hydrogens (tertiary/aromatic N) is 1. The van der Waals surface area contributed by atoms with Crippen LogP contribution in [0.2, 0.25) is 0 Å². The number of hydrogen-bond donors (Lipinski definition) is 1. The van der Waals surface area contributed by atoms with Crippen molar-refractivity contribution in [2.45, 2.75) is 31.6 Å². The SMILES string of the molecule is NSN1CCCC(C2c3ccccc3CCc3ccccc32)C1. The van der Waals surface area contributed by atoms with Gasteiger partial charge < -0.3 is 0 Å². The van der Waals surface area contributed by atoms with Gasteiger partial charge in [-0.2, -0.15) is 0 Å². The maximum absolute atomic E-state index is 5.86. The van der Waals surface area contributed by atoms with Gasteiger partial charge >= 0.3 is 0 Å². The van der Waals surface area contributed by atoms with Crippen LogP contribution in [0.3, 0.4) is 0 Å². The van der Waals surface area contributed by atoms with Crippen molar-refractivity contribution in [2.75, 3.05) is 13.1 Å². The maximum Gasteiger partial charge on any atom is 0.0139 e. The number of rotatable bonds is 2. The van der Waals surface area contributed by atoms with Crippen LogP contribution in [-0.4, -0.2) is 17.4 Å². The third-order valence-electron chi connectivity index (χ3n) is 5.49. The standard InChI is InChI=1S/C20H24N2S/c21-23-22-13-5-8-17(14-22)20-18-9-3-1-6-15(18)11-12-16-7-2-4-10-19(16)20/h1-4,6-7,9-10,17,20H,5,8,11-14,21H2. The van der Waals surface area contributed by atoms with Gasteiger partial charge in [-0.05, 0) is 53.9 Å². The average molecular weight is 324 g/mol. The van der Waals surface area contributed by atoms with Crippen LogP contribution >= 0.6 is 12.1 Å². The minimum Gasteiger partial charge on any atom is -0.264 e. The van der Waals surface area contributed by atoms with Gasteiger partial charge in [-0.25, -0.2) is 4.31 Å². The molecule has 1 heterocycles. The molecule has 0 amide bonds. The van der Waals surface area contributed by atoms with Gasteiger partial charge in [-0.3, -0.25) is 5.14 Å². The monoisotopic (exact) mass is 324 g/mol. The Kier molecular flexibility index (Phi) is 4.43. The summed E-state index contributed by atoms with van der Waals surface area (Å²) in [5.74, 6) is 1.17. The van der Waals surface area contributed by atoms with E-state index in [4.69, 9.17) is 5.14 Å². The van der Waals surface area contributed by atoms with Gasteiger partial charge in [-0.15, -0.1) is 0 Å². The molecule has 0 bridgehead atoms. The van der Waals surface area contributed by atoms with E-state index in [1.807, 2.05) is 0 Å². The van der Waals surface area contributed by atoms with E-state index in [1.165, 1.54) is 36.1 Å². The first-order valence-corrected chi connectivity index (χ1v) is 9.48. The third-order valence-corrected chi connectivity index (χ3v) is 6.11. The smallest absolute Gasteiger partial charge is 0.0139 e. The molecule has 1 saturated heterocycles. The summed E-state index contributed by atoms with van der Waals surface area (Å²) >= 11 is 1.41.